The van der Waals surface area contributed by atoms with Crippen molar-refractivity contribution < 1.29 is 8.42 Å². The van der Waals surface area contributed by atoms with Gasteiger partial charge >= 0.3 is 0 Å². The summed E-state index contributed by atoms with van der Waals surface area (Å²) in [6, 6.07) is 0. The lowest BCUT2D eigenvalue weighted by Gasteiger charge is -2.43. The molecule has 5 nitrogen and oxygen atoms in total. The number of rotatable bonds is 5. The van der Waals surface area contributed by atoms with Gasteiger partial charge in [-0.2, -0.15) is 17.0 Å². The minimum atomic E-state index is -3.32. The van der Waals surface area contributed by atoms with Crippen LogP contribution >= 0.6 is 0 Å². The molecule has 17 heavy (non-hydrogen) atoms. The van der Waals surface area contributed by atoms with Gasteiger partial charge in [-0.1, -0.05) is 13.3 Å². The van der Waals surface area contributed by atoms with Crippen molar-refractivity contribution in [2.75, 3.05) is 33.2 Å². The van der Waals surface area contributed by atoms with Crippen LogP contribution in [0.2, 0.25) is 0 Å². The van der Waals surface area contributed by atoms with Crippen molar-refractivity contribution in [3.8, 4) is 0 Å². The fourth-order valence-electron chi connectivity index (χ4n) is 2.06. The molecule has 0 unspecified atom stereocenters. The maximum atomic E-state index is 12.4. The van der Waals surface area contributed by atoms with Gasteiger partial charge in [0, 0.05) is 38.8 Å². The average Bonchev–Trinajstić information content (AvgIpc) is 2.24. The molecule has 1 fully saturated rings. The van der Waals surface area contributed by atoms with Crippen molar-refractivity contribution in [3.05, 3.63) is 0 Å². The smallest absolute Gasteiger partial charge is 0.282 e. The molecule has 0 bridgehead atoms. The molecular formula is C11H25N3O2S. The van der Waals surface area contributed by atoms with E-state index in [9.17, 15) is 8.42 Å². The van der Waals surface area contributed by atoms with Crippen molar-refractivity contribution >= 4 is 10.2 Å². The number of nitrogens with one attached hydrogen (secondary N) is 1. The van der Waals surface area contributed by atoms with E-state index >= 15 is 0 Å². The minimum absolute atomic E-state index is 0.350. The second-order valence-electron chi connectivity index (χ2n) is 5.24. The summed E-state index contributed by atoms with van der Waals surface area (Å²) in [5.74, 6) is 0. The van der Waals surface area contributed by atoms with E-state index in [4.69, 9.17) is 0 Å². The zero-order valence-corrected chi connectivity index (χ0v) is 12.2. The van der Waals surface area contributed by atoms with Gasteiger partial charge in [0.05, 0.1) is 0 Å². The summed E-state index contributed by atoms with van der Waals surface area (Å²) >= 11 is 0. The fourth-order valence-corrected chi connectivity index (χ4v) is 3.77. The van der Waals surface area contributed by atoms with Crippen LogP contribution in [0.25, 0.3) is 0 Å². The molecule has 0 amide bonds. The molecule has 1 N–H and O–H groups in total. The van der Waals surface area contributed by atoms with Crippen LogP contribution in [-0.2, 0) is 10.2 Å². The van der Waals surface area contributed by atoms with Gasteiger partial charge in [0.1, 0.15) is 0 Å². The van der Waals surface area contributed by atoms with Crippen molar-refractivity contribution in [1.82, 2.24) is 13.9 Å². The molecule has 0 atom stereocenters. The first-order chi connectivity index (χ1) is 7.82. The van der Waals surface area contributed by atoms with Crippen LogP contribution in [0.1, 0.15) is 33.6 Å². The Morgan fingerprint density at radius 1 is 1.41 bits per heavy atom. The minimum Gasteiger partial charge on any atom is -0.314 e. The summed E-state index contributed by atoms with van der Waals surface area (Å²) in [5.41, 5.74) is -0.350. The number of nitrogens with zero attached hydrogens (tertiary/aromatic N) is 2. The third-order valence-electron chi connectivity index (χ3n) is 3.22. The third-order valence-corrected chi connectivity index (χ3v) is 5.43. The largest absolute Gasteiger partial charge is 0.314 e. The molecule has 1 rings (SSSR count). The summed E-state index contributed by atoms with van der Waals surface area (Å²) in [6.07, 6.45) is 1.91. The molecule has 1 heterocycles. The monoisotopic (exact) mass is 263 g/mol. The molecule has 6 heteroatoms. The summed E-state index contributed by atoms with van der Waals surface area (Å²) in [5, 5.41) is 3.23. The van der Waals surface area contributed by atoms with Gasteiger partial charge in [0.15, 0.2) is 0 Å². The molecule has 0 aromatic rings. The Morgan fingerprint density at radius 3 is 2.59 bits per heavy atom. The molecule has 1 aliphatic heterocycles. The number of unbranched alkanes of at least 4 members (excludes halogenated alkanes) is 1. The Labute approximate surface area is 105 Å². The highest BCUT2D eigenvalue weighted by molar-refractivity contribution is 7.86. The Hall–Kier alpha value is -0.170. The zero-order chi connectivity index (χ0) is 13.1. The predicted molar refractivity (Wildman–Crippen MR) is 70.1 cm³/mol. The average molecular weight is 263 g/mol. The van der Waals surface area contributed by atoms with Crippen LogP contribution in [0.3, 0.4) is 0 Å². The summed E-state index contributed by atoms with van der Waals surface area (Å²) in [7, 11) is -1.65. The molecule has 0 radical (unpaired) electrons. The lowest BCUT2D eigenvalue weighted by molar-refractivity contribution is 0.174. The standard InChI is InChI=1S/C11H25N3O2S/c1-5-6-8-13(4)17(15,16)14-9-7-12-10-11(14,2)3/h12H,5-10H2,1-4H3. The highest BCUT2D eigenvalue weighted by Crippen LogP contribution is 2.22. The van der Waals surface area contributed by atoms with E-state index in [2.05, 4.69) is 12.2 Å². The Bertz CT molecular complexity index is 341. The second-order valence-corrected chi connectivity index (χ2v) is 7.20. The van der Waals surface area contributed by atoms with Gasteiger partial charge in [0.25, 0.3) is 10.2 Å². The lowest BCUT2D eigenvalue weighted by Crippen LogP contribution is -2.62. The van der Waals surface area contributed by atoms with Crippen LogP contribution in [0.4, 0.5) is 0 Å². The van der Waals surface area contributed by atoms with Gasteiger partial charge in [-0.25, -0.2) is 0 Å². The van der Waals surface area contributed by atoms with E-state index in [1.807, 2.05) is 13.8 Å². The number of hydrogen-bond donors (Lipinski definition) is 1. The van der Waals surface area contributed by atoms with E-state index < -0.39 is 10.2 Å². The van der Waals surface area contributed by atoms with E-state index in [0.717, 1.165) is 19.4 Å². The van der Waals surface area contributed by atoms with Gasteiger partial charge in [-0.15, -0.1) is 0 Å². The highest BCUT2D eigenvalue weighted by Gasteiger charge is 2.39. The molecule has 1 aliphatic rings. The first kappa shape index (κ1) is 14.9. The predicted octanol–water partition coefficient (Wildman–Crippen LogP) is 0.647. The Balaban J connectivity index is 2.81. The van der Waals surface area contributed by atoms with Crippen LogP contribution in [0.15, 0.2) is 0 Å². The van der Waals surface area contributed by atoms with E-state index in [1.165, 1.54) is 4.31 Å². The molecule has 0 aliphatic carbocycles. The van der Waals surface area contributed by atoms with E-state index in [-0.39, 0.29) is 5.54 Å². The summed E-state index contributed by atoms with van der Waals surface area (Å²) < 4.78 is 28.0. The Kier molecular flexibility index (Phi) is 4.95. The topological polar surface area (TPSA) is 52.7 Å². The van der Waals surface area contributed by atoms with Crippen LogP contribution in [0.5, 0.6) is 0 Å². The highest BCUT2D eigenvalue weighted by atomic mass is 32.2. The van der Waals surface area contributed by atoms with Crippen molar-refractivity contribution in [3.63, 3.8) is 0 Å². The first-order valence-electron chi connectivity index (χ1n) is 6.27. The quantitative estimate of drug-likeness (QED) is 0.792. The van der Waals surface area contributed by atoms with Gasteiger partial charge in [0.2, 0.25) is 0 Å². The maximum absolute atomic E-state index is 12.4. The summed E-state index contributed by atoms with van der Waals surface area (Å²) in [6.45, 7) is 8.56. The number of hydrogen-bond acceptors (Lipinski definition) is 3. The third kappa shape index (κ3) is 3.40. The first-order valence-corrected chi connectivity index (χ1v) is 7.67. The van der Waals surface area contributed by atoms with E-state index in [1.54, 1.807) is 11.4 Å². The molecule has 0 spiro atoms. The molecule has 102 valence electrons. The molecule has 1 saturated heterocycles. The number of piperazine rings is 1. The summed E-state index contributed by atoms with van der Waals surface area (Å²) in [4.78, 5) is 0. The van der Waals surface area contributed by atoms with Gasteiger partial charge in [-0.3, -0.25) is 0 Å². The van der Waals surface area contributed by atoms with Crippen molar-refractivity contribution in [2.24, 2.45) is 0 Å². The van der Waals surface area contributed by atoms with Crippen LogP contribution in [-0.4, -0.2) is 55.8 Å². The molecule has 0 aromatic heterocycles. The zero-order valence-electron chi connectivity index (χ0n) is 11.4. The SMILES string of the molecule is CCCCN(C)S(=O)(=O)N1CCNCC1(C)C. The van der Waals surface area contributed by atoms with Crippen molar-refractivity contribution in [1.29, 1.82) is 0 Å². The van der Waals surface area contributed by atoms with Crippen molar-refractivity contribution in [2.45, 2.75) is 39.2 Å². The second kappa shape index (κ2) is 5.65. The van der Waals surface area contributed by atoms with Crippen LogP contribution in [0, 0.1) is 0 Å². The Morgan fingerprint density at radius 2 is 2.06 bits per heavy atom. The molecule has 0 aromatic carbocycles. The molecule has 0 saturated carbocycles. The normalized spacial score (nSPS) is 21.9. The fraction of sp³-hybridized carbons (Fsp3) is 1.00. The van der Waals surface area contributed by atoms with Gasteiger partial charge in [-0.05, 0) is 20.3 Å². The molecular weight excluding hydrogens is 238 g/mol. The van der Waals surface area contributed by atoms with Gasteiger partial charge < -0.3 is 5.32 Å². The maximum Gasteiger partial charge on any atom is 0.282 e. The van der Waals surface area contributed by atoms with Crippen LogP contribution < -0.4 is 5.32 Å². The lowest BCUT2D eigenvalue weighted by atomic mass is 10.0. The van der Waals surface area contributed by atoms with E-state index in [0.29, 0.717) is 19.6 Å².